The molecule has 1 saturated heterocycles. The Bertz CT molecular complexity index is 1220. The largest absolute Gasteiger partial charge is 0.397 e. The van der Waals surface area contributed by atoms with Gasteiger partial charge in [-0.15, -0.1) is 0 Å². The van der Waals surface area contributed by atoms with Gasteiger partial charge < -0.3 is 40.3 Å². The lowest BCUT2D eigenvalue weighted by atomic mass is 9.99. The monoisotopic (exact) mass is 906 g/mol. The van der Waals surface area contributed by atoms with Crippen LogP contribution < -0.4 is 5.32 Å². The van der Waals surface area contributed by atoms with Crippen molar-refractivity contribution in [3.63, 3.8) is 0 Å². The van der Waals surface area contributed by atoms with Gasteiger partial charge in [-0.1, -0.05) is 192 Å². The van der Waals surface area contributed by atoms with E-state index < -0.39 is 78.5 Å². The molecule has 0 aromatic heterocycles. The zero-order valence-electron chi connectivity index (χ0n) is 38.8. The molecule has 0 aromatic carbocycles. The van der Waals surface area contributed by atoms with E-state index in [0.29, 0.717) is 12.8 Å². The van der Waals surface area contributed by atoms with E-state index >= 15 is 0 Å². The standard InChI is InChI=1S/C48H91NO12S/c1-3-5-7-9-11-13-15-17-19-21-23-25-27-29-31-33-35-37-42(52)47(55)49-40(39-59-48-45(54)46(61-62(56,57)58)44(53)43(38-50)60-48)41(51)36-34-32-30-28-26-24-22-20-18-16-14-12-10-8-6-4-2/h23,25,34,36,40-46,48,50-54H,3-22,24,26-33,35,37-39H2,1-2H3,(H,49,55)(H,56,57,58)/b25-23-,36-34+. The van der Waals surface area contributed by atoms with Crippen LogP contribution >= 0.6 is 0 Å². The Morgan fingerprint density at radius 1 is 0.645 bits per heavy atom. The number of hydrogen-bond acceptors (Lipinski definition) is 11. The summed E-state index contributed by atoms with van der Waals surface area (Å²) in [5.74, 6) is -0.709. The van der Waals surface area contributed by atoms with Gasteiger partial charge in [0, 0.05) is 0 Å². The van der Waals surface area contributed by atoms with Gasteiger partial charge in [-0.3, -0.25) is 9.35 Å². The van der Waals surface area contributed by atoms with E-state index in [1.54, 1.807) is 0 Å². The highest BCUT2D eigenvalue weighted by molar-refractivity contribution is 7.80. The molecule has 0 saturated carbocycles. The van der Waals surface area contributed by atoms with Crippen molar-refractivity contribution in [3.8, 4) is 0 Å². The van der Waals surface area contributed by atoms with Gasteiger partial charge >= 0.3 is 10.4 Å². The molecule has 0 bridgehead atoms. The number of ether oxygens (including phenoxy) is 2. The number of allylic oxidation sites excluding steroid dienone is 3. The Kier molecular flexibility index (Phi) is 36.6. The molecular weight excluding hydrogens is 815 g/mol. The summed E-state index contributed by atoms with van der Waals surface area (Å²) in [7, 11) is -5.12. The van der Waals surface area contributed by atoms with Crippen molar-refractivity contribution in [1.82, 2.24) is 5.32 Å². The Balaban J connectivity index is 2.56. The van der Waals surface area contributed by atoms with E-state index in [9.17, 15) is 43.3 Å². The molecule has 0 spiro atoms. The summed E-state index contributed by atoms with van der Waals surface area (Å²) in [6.07, 6.45) is 32.5. The lowest BCUT2D eigenvalue weighted by Gasteiger charge is -2.41. The predicted molar refractivity (Wildman–Crippen MR) is 247 cm³/mol. The molecule has 0 aromatic rings. The fraction of sp³-hybridized carbons (Fsp3) is 0.896. The van der Waals surface area contributed by atoms with E-state index in [2.05, 4.69) is 35.5 Å². The minimum absolute atomic E-state index is 0.230. The Morgan fingerprint density at radius 2 is 1.06 bits per heavy atom. The SMILES string of the molecule is CCCCCCCCCCC/C=C\CCCCCCC(O)C(=O)NC(COC1OC(CO)C(O)C(OS(=O)(=O)O)C1O)C(O)/C=C/CCCCCCCCCCCCCCCC. The number of amides is 1. The first-order valence-corrected chi connectivity index (χ1v) is 26.2. The zero-order chi connectivity index (χ0) is 45.7. The van der Waals surface area contributed by atoms with Crippen molar-refractivity contribution >= 4 is 16.3 Å². The first kappa shape index (κ1) is 58.6. The number of carbonyl (C=O) groups excluding carboxylic acids is 1. The van der Waals surface area contributed by atoms with E-state index in [-0.39, 0.29) is 6.42 Å². The smallest absolute Gasteiger partial charge is 0.394 e. The van der Waals surface area contributed by atoms with Crippen molar-refractivity contribution in [2.75, 3.05) is 13.2 Å². The number of aliphatic hydroxyl groups is 5. The first-order valence-electron chi connectivity index (χ1n) is 24.8. The molecule has 0 aliphatic carbocycles. The second-order valence-electron chi connectivity index (χ2n) is 17.5. The number of rotatable bonds is 42. The molecule has 62 heavy (non-hydrogen) atoms. The zero-order valence-corrected chi connectivity index (χ0v) is 39.6. The van der Waals surface area contributed by atoms with Crippen LogP contribution in [0.5, 0.6) is 0 Å². The summed E-state index contributed by atoms with van der Waals surface area (Å²) >= 11 is 0. The van der Waals surface area contributed by atoms with Crippen LogP contribution in [0.4, 0.5) is 0 Å². The summed E-state index contributed by atoms with van der Waals surface area (Å²) in [4.78, 5) is 13.1. The molecular formula is C48H91NO12S. The molecule has 1 fully saturated rings. The molecule has 13 nitrogen and oxygen atoms in total. The van der Waals surface area contributed by atoms with Gasteiger partial charge in [0.1, 0.15) is 30.5 Å². The maximum absolute atomic E-state index is 13.1. The first-order chi connectivity index (χ1) is 29.9. The van der Waals surface area contributed by atoms with Crippen molar-refractivity contribution in [1.29, 1.82) is 0 Å². The molecule has 1 rings (SSSR count). The second kappa shape index (κ2) is 38.8. The summed E-state index contributed by atoms with van der Waals surface area (Å²) in [5.41, 5.74) is 0. The van der Waals surface area contributed by atoms with E-state index in [1.165, 1.54) is 134 Å². The van der Waals surface area contributed by atoms with Gasteiger partial charge in [-0.05, 0) is 44.9 Å². The fourth-order valence-corrected chi connectivity index (χ4v) is 8.38. The molecule has 8 unspecified atom stereocenters. The van der Waals surface area contributed by atoms with Crippen molar-refractivity contribution in [2.24, 2.45) is 0 Å². The van der Waals surface area contributed by atoms with Crippen LogP contribution in [0, 0.1) is 0 Å². The number of unbranched alkanes of at least 4 members (excludes halogenated alkanes) is 27. The lowest BCUT2D eigenvalue weighted by Crippen LogP contribution is -2.61. The Hall–Kier alpha value is -1.46. The van der Waals surface area contributed by atoms with Crippen LogP contribution in [-0.4, -0.2) is 107 Å². The third kappa shape index (κ3) is 30.6. The molecule has 14 heteroatoms. The highest BCUT2D eigenvalue weighted by atomic mass is 32.3. The van der Waals surface area contributed by atoms with Crippen molar-refractivity contribution < 1.29 is 57.0 Å². The van der Waals surface area contributed by atoms with Crippen LogP contribution in [-0.2, 0) is 28.9 Å². The van der Waals surface area contributed by atoms with Crippen LogP contribution in [0.1, 0.15) is 213 Å². The molecule has 1 aliphatic heterocycles. The summed E-state index contributed by atoms with van der Waals surface area (Å²) in [6, 6.07) is -1.12. The molecule has 1 aliphatic rings. The minimum atomic E-state index is -5.12. The Morgan fingerprint density at radius 3 is 1.50 bits per heavy atom. The highest BCUT2D eigenvalue weighted by Crippen LogP contribution is 2.26. The van der Waals surface area contributed by atoms with Gasteiger partial charge in [0.05, 0.1) is 25.4 Å². The topological polar surface area (TPSA) is 212 Å². The average Bonchev–Trinajstić information content (AvgIpc) is 3.24. The quantitative estimate of drug-likeness (QED) is 0.0174. The maximum Gasteiger partial charge on any atom is 0.397 e. The van der Waals surface area contributed by atoms with Crippen LogP contribution in [0.15, 0.2) is 24.3 Å². The maximum atomic E-state index is 13.1. The Labute approximate surface area is 376 Å². The number of aliphatic hydroxyl groups excluding tert-OH is 5. The van der Waals surface area contributed by atoms with Crippen LogP contribution in [0.3, 0.4) is 0 Å². The summed E-state index contributed by atoms with van der Waals surface area (Å²) in [6.45, 7) is 3.22. The third-order valence-electron chi connectivity index (χ3n) is 11.8. The number of hydrogen-bond donors (Lipinski definition) is 7. The number of nitrogens with one attached hydrogen (secondary N) is 1. The normalized spacial score (nSPS) is 21.2. The minimum Gasteiger partial charge on any atom is -0.394 e. The molecule has 7 N–H and O–H groups in total. The van der Waals surface area contributed by atoms with E-state index in [0.717, 1.165) is 51.4 Å². The van der Waals surface area contributed by atoms with Gasteiger partial charge in [-0.25, -0.2) is 4.18 Å². The van der Waals surface area contributed by atoms with Crippen molar-refractivity contribution in [2.45, 2.75) is 262 Å². The van der Waals surface area contributed by atoms with Crippen molar-refractivity contribution in [3.05, 3.63) is 24.3 Å². The highest BCUT2D eigenvalue weighted by Gasteiger charge is 2.48. The summed E-state index contributed by atoms with van der Waals surface area (Å²) < 4.78 is 47.6. The fourth-order valence-electron chi connectivity index (χ4n) is 7.87. The second-order valence-corrected chi connectivity index (χ2v) is 18.6. The molecule has 0 radical (unpaired) electrons. The molecule has 1 amide bonds. The summed E-state index contributed by atoms with van der Waals surface area (Å²) in [5, 5.41) is 55.3. The van der Waals surface area contributed by atoms with Crippen LogP contribution in [0.2, 0.25) is 0 Å². The van der Waals surface area contributed by atoms with Gasteiger partial charge in [0.15, 0.2) is 6.29 Å². The molecule has 8 atom stereocenters. The van der Waals surface area contributed by atoms with Gasteiger partial charge in [0.25, 0.3) is 0 Å². The van der Waals surface area contributed by atoms with Gasteiger partial charge in [-0.2, -0.15) is 8.42 Å². The van der Waals surface area contributed by atoms with Crippen LogP contribution in [0.25, 0.3) is 0 Å². The van der Waals surface area contributed by atoms with E-state index in [4.69, 9.17) is 9.47 Å². The van der Waals surface area contributed by atoms with E-state index in [1.807, 2.05) is 6.08 Å². The lowest BCUT2D eigenvalue weighted by molar-refractivity contribution is -0.298. The predicted octanol–water partition coefficient (Wildman–Crippen LogP) is 9.08. The molecule has 1 heterocycles. The third-order valence-corrected chi connectivity index (χ3v) is 12.3. The van der Waals surface area contributed by atoms with Gasteiger partial charge in [0.2, 0.25) is 5.91 Å². The average molecular weight is 906 g/mol. The molecule has 366 valence electrons. The number of carbonyl (C=O) groups is 1.